The monoisotopic (exact) mass is 297 g/mol. The number of aromatic nitrogens is 2. The number of carbonyl (C=O) groups is 1. The van der Waals surface area contributed by atoms with Crippen LogP contribution in [0.25, 0.3) is 0 Å². The van der Waals surface area contributed by atoms with E-state index in [1.165, 1.54) is 11.1 Å². The molecule has 4 nitrogen and oxygen atoms in total. The molecule has 3 rings (SSSR count). The maximum absolute atomic E-state index is 12.5. The van der Waals surface area contributed by atoms with Crippen LogP contribution in [0.2, 0.25) is 0 Å². The highest BCUT2D eigenvalue weighted by Gasteiger charge is 2.34. The summed E-state index contributed by atoms with van der Waals surface area (Å²) in [5.41, 5.74) is 5.56. The Morgan fingerprint density at radius 3 is 2.36 bits per heavy atom. The first kappa shape index (κ1) is 14.8. The van der Waals surface area contributed by atoms with E-state index in [1.807, 2.05) is 25.6 Å². The van der Waals surface area contributed by atoms with Gasteiger partial charge in [0.25, 0.3) is 0 Å². The SMILES string of the molecule is Cc1nn(C)c(C)c1CC(=O)NC1(C)Cc2ccccc2C1. The molecule has 0 fully saturated rings. The Labute approximate surface area is 131 Å². The van der Waals surface area contributed by atoms with Crippen LogP contribution in [0.5, 0.6) is 0 Å². The second-order valence-electron chi connectivity index (χ2n) is 6.68. The number of nitrogens with one attached hydrogen (secondary N) is 1. The Morgan fingerprint density at radius 2 is 1.86 bits per heavy atom. The van der Waals surface area contributed by atoms with Crippen molar-refractivity contribution in [3.8, 4) is 0 Å². The molecule has 1 aliphatic carbocycles. The van der Waals surface area contributed by atoms with Gasteiger partial charge in [-0.1, -0.05) is 24.3 Å². The standard InChI is InChI=1S/C18H23N3O/c1-12-16(13(2)21(4)20-12)9-17(22)19-18(3)10-14-7-5-6-8-15(14)11-18/h5-8H,9-11H2,1-4H3,(H,19,22). The normalized spacial score (nSPS) is 15.6. The molecule has 0 bridgehead atoms. The van der Waals surface area contributed by atoms with E-state index in [4.69, 9.17) is 0 Å². The minimum atomic E-state index is -0.176. The average molecular weight is 297 g/mol. The predicted octanol–water partition coefficient (Wildman–Crippen LogP) is 2.25. The van der Waals surface area contributed by atoms with Gasteiger partial charge in [-0.25, -0.2) is 0 Å². The van der Waals surface area contributed by atoms with Gasteiger partial charge in [0.2, 0.25) is 5.91 Å². The zero-order chi connectivity index (χ0) is 15.9. The van der Waals surface area contributed by atoms with Gasteiger partial charge >= 0.3 is 0 Å². The third-order valence-electron chi connectivity index (χ3n) is 4.72. The first-order chi connectivity index (χ1) is 10.4. The van der Waals surface area contributed by atoms with Gasteiger partial charge in [-0.15, -0.1) is 0 Å². The Morgan fingerprint density at radius 1 is 1.27 bits per heavy atom. The number of aryl methyl sites for hydroxylation is 2. The minimum absolute atomic E-state index is 0.0782. The molecule has 1 heterocycles. The summed E-state index contributed by atoms with van der Waals surface area (Å²) in [5, 5.41) is 7.62. The van der Waals surface area contributed by atoms with E-state index >= 15 is 0 Å². The number of amides is 1. The van der Waals surface area contributed by atoms with E-state index in [1.54, 1.807) is 0 Å². The van der Waals surface area contributed by atoms with Gasteiger partial charge in [0.15, 0.2) is 0 Å². The molecule has 1 aromatic carbocycles. The first-order valence-electron chi connectivity index (χ1n) is 7.75. The van der Waals surface area contributed by atoms with Crippen molar-refractivity contribution in [3.05, 3.63) is 52.3 Å². The van der Waals surface area contributed by atoms with Crippen LogP contribution < -0.4 is 5.32 Å². The average Bonchev–Trinajstić information content (AvgIpc) is 2.89. The zero-order valence-electron chi connectivity index (χ0n) is 13.7. The molecule has 0 atom stereocenters. The molecule has 22 heavy (non-hydrogen) atoms. The van der Waals surface area contributed by atoms with E-state index in [2.05, 4.69) is 41.6 Å². The van der Waals surface area contributed by atoms with Crippen molar-refractivity contribution in [1.29, 1.82) is 0 Å². The van der Waals surface area contributed by atoms with Gasteiger partial charge < -0.3 is 5.32 Å². The van der Waals surface area contributed by atoms with Gasteiger partial charge in [0, 0.05) is 23.8 Å². The number of nitrogens with zero attached hydrogens (tertiary/aromatic N) is 2. The molecule has 1 aromatic heterocycles. The lowest BCUT2D eigenvalue weighted by Gasteiger charge is -2.25. The van der Waals surface area contributed by atoms with Crippen molar-refractivity contribution in [1.82, 2.24) is 15.1 Å². The lowest BCUT2D eigenvalue weighted by Crippen LogP contribution is -2.47. The van der Waals surface area contributed by atoms with Gasteiger partial charge in [0.1, 0.15) is 0 Å². The fourth-order valence-electron chi connectivity index (χ4n) is 3.51. The number of rotatable bonds is 3. The van der Waals surface area contributed by atoms with Gasteiger partial charge in [-0.05, 0) is 44.7 Å². The highest BCUT2D eigenvalue weighted by atomic mass is 16.1. The summed E-state index contributed by atoms with van der Waals surface area (Å²) in [6.45, 7) is 6.10. The maximum Gasteiger partial charge on any atom is 0.224 e. The van der Waals surface area contributed by atoms with Crippen molar-refractivity contribution >= 4 is 5.91 Å². The van der Waals surface area contributed by atoms with Gasteiger partial charge in [-0.2, -0.15) is 5.10 Å². The molecule has 0 aliphatic heterocycles. The van der Waals surface area contributed by atoms with Crippen LogP contribution in [0, 0.1) is 13.8 Å². The van der Waals surface area contributed by atoms with Crippen LogP contribution in [0.4, 0.5) is 0 Å². The minimum Gasteiger partial charge on any atom is -0.350 e. The van der Waals surface area contributed by atoms with Crippen LogP contribution >= 0.6 is 0 Å². The first-order valence-corrected chi connectivity index (χ1v) is 7.75. The Hall–Kier alpha value is -2.10. The highest BCUT2D eigenvalue weighted by molar-refractivity contribution is 5.80. The summed E-state index contributed by atoms with van der Waals surface area (Å²) >= 11 is 0. The zero-order valence-corrected chi connectivity index (χ0v) is 13.7. The van der Waals surface area contributed by atoms with Crippen LogP contribution in [-0.4, -0.2) is 21.2 Å². The maximum atomic E-state index is 12.5. The van der Waals surface area contributed by atoms with Crippen LogP contribution in [0.3, 0.4) is 0 Å². The second-order valence-corrected chi connectivity index (χ2v) is 6.68. The number of hydrogen-bond acceptors (Lipinski definition) is 2. The molecule has 0 saturated carbocycles. The number of fused-ring (bicyclic) bond motifs is 1. The van der Waals surface area contributed by atoms with Crippen molar-refractivity contribution in [3.63, 3.8) is 0 Å². The van der Waals surface area contributed by atoms with Crippen LogP contribution in [-0.2, 0) is 31.1 Å². The fourth-order valence-corrected chi connectivity index (χ4v) is 3.51. The van der Waals surface area contributed by atoms with E-state index in [-0.39, 0.29) is 11.4 Å². The molecule has 2 aromatic rings. The summed E-state index contributed by atoms with van der Waals surface area (Å²) in [5.74, 6) is 0.0782. The lowest BCUT2D eigenvalue weighted by molar-refractivity contribution is -0.122. The van der Waals surface area contributed by atoms with Gasteiger partial charge in [-0.3, -0.25) is 9.48 Å². The molecule has 0 spiro atoms. The summed E-state index contributed by atoms with van der Waals surface area (Å²) in [7, 11) is 1.92. The third kappa shape index (κ3) is 2.65. The topological polar surface area (TPSA) is 46.9 Å². The van der Waals surface area contributed by atoms with E-state index in [0.717, 1.165) is 29.8 Å². The molecule has 1 aliphatic rings. The largest absolute Gasteiger partial charge is 0.350 e. The predicted molar refractivity (Wildman–Crippen MR) is 86.8 cm³/mol. The Balaban J connectivity index is 1.70. The molecule has 0 saturated heterocycles. The molecular weight excluding hydrogens is 274 g/mol. The number of benzene rings is 1. The van der Waals surface area contributed by atoms with Crippen molar-refractivity contribution in [2.45, 2.75) is 45.6 Å². The van der Waals surface area contributed by atoms with Crippen LogP contribution in [0.15, 0.2) is 24.3 Å². The lowest BCUT2D eigenvalue weighted by atomic mass is 9.97. The summed E-state index contributed by atoms with van der Waals surface area (Å²) in [6.07, 6.45) is 2.21. The summed E-state index contributed by atoms with van der Waals surface area (Å²) < 4.78 is 1.84. The summed E-state index contributed by atoms with van der Waals surface area (Å²) in [6, 6.07) is 8.44. The third-order valence-corrected chi connectivity index (χ3v) is 4.72. The molecule has 0 unspecified atom stereocenters. The van der Waals surface area contributed by atoms with E-state index in [0.29, 0.717) is 6.42 Å². The fraction of sp³-hybridized carbons (Fsp3) is 0.444. The molecular formula is C18H23N3O. The molecule has 1 N–H and O–H groups in total. The quantitative estimate of drug-likeness (QED) is 0.944. The smallest absolute Gasteiger partial charge is 0.224 e. The number of carbonyl (C=O) groups excluding carboxylic acids is 1. The van der Waals surface area contributed by atoms with Gasteiger partial charge in [0.05, 0.1) is 12.1 Å². The molecule has 4 heteroatoms. The second kappa shape index (κ2) is 5.27. The van der Waals surface area contributed by atoms with Crippen molar-refractivity contribution in [2.75, 3.05) is 0 Å². The Kier molecular flexibility index (Phi) is 3.55. The summed E-state index contributed by atoms with van der Waals surface area (Å²) in [4.78, 5) is 12.5. The molecule has 0 radical (unpaired) electrons. The van der Waals surface area contributed by atoms with Crippen LogP contribution in [0.1, 0.15) is 35.0 Å². The molecule has 1 amide bonds. The Bertz CT molecular complexity index is 705. The number of hydrogen-bond donors (Lipinski definition) is 1. The van der Waals surface area contributed by atoms with Crippen molar-refractivity contribution < 1.29 is 4.79 Å². The highest BCUT2D eigenvalue weighted by Crippen LogP contribution is 2.29. The molecule has 116 valence electrons. The van der Waals surface area contributed by atoms with E-state index < -0.39 is 0 Å². The van der Waals surface area contributed by atoms with Crippen molar-refractivity contribution in [2.24, 2.45) is 7.05 Å². The van der Waals surface area contributed by atoms with E-state index in [9.17, 15) is 4.79 Å².